The van der Waals surface area contributed by atoms with Crippen LogP contribution in [0.3, 0.4) is 0 Å². The highest BCUT2D eigenvalue weighted by atomic mass is 32.2. The van der Waals surface area contributed by atoms with Crippen LogP contribution in [-0.4, -0.2) is 26.3 Å². The average Bonchev–Trinajstić information content (AvgIpc) is 2.75. The summed E-state index contributed by atoms with van der Waals surface area (Å²) in [5, 5.41) is 2.95. The van der Waals surface area contributed by atoms with E-state index in [1.165, 1.54) is 0 Å². The molecule has 3 aromatic rings. The topological polar surface area (TPSA) is 50.8 Å². The average molecular weight is 392 g/mol. The number of fused-ring (bicyclic) bond motifs is 2. The van der Waals surface area contributed by atoms with Crippen molar-refractivity contribution in [3.8, 4) is 11.5 Å². The Morgan fingerprint density at radius 3 is 2.11 bits per heavy atom. The highest BCUT2D eigenvalue weighted by Gasteiger charge is 2.27. The third kappa shape index (κ3) is 3.64. The van der Waals surface area contributed by atoms with Gasteiger partial charge in [0.05, 0.1) is 25.0 Å². The number of urea groups is 1. The molecular formula is C22H20N2O3S. The Balaban J connectivity index is 1.45. The van der Waals surface area contributed by atoms with Gasteiger partial charge in [-0.15, -0.1) is 0 Å². The lowest BCUT2D eigenvalue weighted by atomic mass is 10.2. The van der Waals surface area contributed by atoms with Crippen molar-refractivity contribution in [2.24, 2.45) is 0 Å². The molecule has 2 amide bonds. The minimum absolute atomic E-state index is 0.177. The molecular weight excluding hydrogens is 372 g/mol. The van der Waals surface area contributed by atoms with Crippen LogP contribution in [0.15, 0.2) is 82.6 Å². The van der Waals surface area contributed by atoms with Crippen LogP contribution in [0, 0.1) is 0 Å². The largest absolute Gasteiger partial charge is 0.493 e. The summed E-state index contributed by atoms with van der Waals surface area (Å²) >= 11 is 1.67. The summed E-state index contributed by atoms with van der Waals surface area (Å²) in [7, 11) is 1.60. The molecule has 0 atom stereocenters. The smallest absolute Gasteiger partial charge is 0.326 e. The van der Waals surface area contributed by atoms with E-state index in [1.54, 1.807) is 23.8 Å². The maximum absolute atomic E-state index is 13.0. The summed E-state index contributed by atoms with van der Waals surface area (Å²) in [6.07, 6.45) is 0. The Hall–Kier alpha value is -3.12. The van der Waals surface area contributed by atoms with Gasteiger partial charge >= 0.3 is 6.03 Å². The van der Waals surface area contributed by atoms with Crippen molar-refractivity contribution in [2.75, 3.05) is 25.2 Å². The Morgan fingerprint density at radius 1 is 0.893 bits per heavy atom. The van der Waals surface area contributed by atoms with E-state index in [9.17, 15) is 4.79 Å². The van der Waals surface area contributed by atoms with E-state index in [1.807, 2.05) is 72.8 Å². The van der Waals surface area contributed by atoms with Gasteiger partial charge in [0.1, 0.15) is 6.61 Å². The Kier molecular flexibility index (Phi) is 5.39. The van der Waals surface area contributed by atoms with Crippen molar-refractivity contribution in [1.29, 1.82) is 0 Å². The number of amides is 2. The molecule has 6 heteroatoms. The molecule has 0 unspecified atom stereocenters. The third-order valence-electron chi connectivity index (χ3n) is 4.34. The number of carbonyl (C=O) groups is 1. The zero-order valence-corrected chi connectivity index (χ0v) is 16.2. The normalized spacial score (nSPS) is 12.0. The summed E-state index contributed by atoms with van der Waals surface area (Å²) in [4.78, 5) is 16.8. The van der Waals surface area contributed by atoms with Gasteiger partial charge in [-0.1, -0.05) is 48.2 Å². The molecule has 0 saturated heterocycles. The fourth-order valence-corrected chi connectivity index (χ4v) is 4.12. The van der Waals surface area contributed by atoms with Crippen LogP contribution in [0.25, 0.3) is 0 Å². The summed E-state index contributed by atoms with van der Waals surface area (Å²) in [5.74, 6) is 1.33. The van der Waals surface area contributed by atoms with Gasteiger partial charge in [0.15, 0.2) is 11.5 Å². The molecule has 0 spiro atoms. The van der Waals surface area contributed by atoms with Crippen LogP contribution in [0.5, 0.6) is 11.5 Å². The van der Waals surface area contributed by atoms with Gasteiger partial charge in [0, 0.05) is 9.79 Å². The number of anilines is 2. The van der Waals surface area contributed by atoms with Crippen LogP contribution in [-0.2, 0) is 0 Å². The second kappa shape index (κ2) is 8.27. The fraction of sp³-hybridized carbons (Fsp3) is 0.136. The molecule has 0 aliphatic carbocycles. The molecule has 5 nitrogen and oxygen atoms in total. The molecule has 1 heterocycles. The SMILES string of the molecule is COc1ccccc1OCCNC(=O)N1c2ccccc2Sc2ccccc21. The molecule has 0 fully saturated rings. The quantitative estimate of drug-likeness (QED) is 0.615. The van der Waals surface area contributed by atoms with E-state index in [-0.39, 0.29) is 6.03 Å². The van der Waals surface area contributed by atoms with Gasteiger partial charge in [-0.2, -0.15) is 0 Å². The Bertz CT molecular complexity index is 947. The molecule has 0 radical (unpaired) electrons. The predicted molar refractivity (Wildman–Crippen MR) is 111 cm³/mol. The van der Waals surface area contributed by atoms with E-state index < -0.39 is 0 Å². The lowest BCUT2D eigenvalue weighted by Gasteiger charge is -2.31. The number of para-hydroxylation sites is 4. The number of nitrogens with one attached hydrogen (secondary N) is 1. The van der Waals surface area contributed by atoms with Gasteiger partial charge in [0.2, 0.25) is 0 Å². The number of benzene rings is 3. The van der Waals surface area contributed by atoms with Crippen LogP contribution in [0.4, 0.5) is 16.2 Å². The molecule has 0 saturated carbocycles. The lowest BCUT2D eigenvalue weighted by Crippen LogP contribution is -2.40. The summed E-state index contributed by atoms with van der Waals surface area (Å²) in [6.45, 7) is 0.725. The summed E-state index contributed by atoms with van der Waals surface area (Å²) in [6, 6.07) is 23.1. The second-order valence-corrected chi connectivity index (χ2v) is 7.19. The zero-order chi connectivity index (χ0) is 19.3. The van der Waals surface area contributed by atoms with Crippen molar-refractivity contribution < 1.29 is 14.3 Å². The maximum atomic E-state index is 13.0. The van der Waals surface area contributed by atoms with E-state index >= 15 is 0 Å². The molecule has 28 heavy (non-hydrogen) atoms. The van der Waals surface area contributed by atoms with Crippen molar-refractivity contribution in [3.05, 3.63) is 72.8 Å². The number of methoxy groups -OCH3 is 1. The highest BCUT2D eigenvalue weighted by molar-refractivity contribution is 7.99. The molecule has 3 aromatic carbocycles. The molecule has 1 N–H and O–H groups in total. The van der Waals surface area contributed by atoms with Crippen molar-refractivity contribution in [2.45, 2.75) is 9.79 Å². The van der Waals surface area contributed by atoms with E-state index in [2.05, 4.69) is 5.32 Å². The summed E-state index contributed by atoms with van der Waals surface area (Å²) in [5.41, 5.74) is 1.77. The maximum Gasteiger partial charge on any atom is 0.326 e. The number of hydrogen-bond donors (Lipinski definition) is 1. The third-order valence-corrected chi connectivity index (χ3v) is 5.47. The van der Waals surface area contributed by atoms with Crippen LogP contribution < -0.4 is 19.7 Å². The lowest BCUT2D eigenvalue weighted by molar-refractivity contribution is 0.242. The van der Waals surface area contributed by atoms with Crippen LogP contribution >= 0.6 is 11.8 Å². The first-order chi connectivity index (χ1) is 13.8. The van der Waals surface area contributed by atoms with Crippen LogP contribution in [0.2, 0.25) is 0 Å². The number of carbonyl (C=O) groups excluding carboxylic acids is 1. The first kappa shape index (κ1) is 18.3. The van der Waals surface area contributed by atoms with Gasteiger partial charge in [-0.3, -0.25) is 4.90 Å². The first-order valence-corrected chi connectivity index (χ1v) is 9.79. The Morgan fingerprint density at radius 2 is 1.46 bits per heavy atom. The number of rotatable bonds is 5. The van der Waals surface area contributed by atoms with Gasteiger partial charge in [0.25, 0.3) is 0 Å². The molecule has 4 rings (SSSR count). The van der Waals surface area contributed by atoms with Crippen LogP contribution in [0.1, 0.15) is 0 Å². The van der Waals surface area contributed by atoms with Gasteiger partial charge in [-0.25, -0.2) is 4.79 Å². The molecule has 0 aromatic heterocycles. The van der Waals surface area contributed by atoms with Crippen molar-refractivity contribution in [3.63, 3.8) is 0 Å². The number of ether oxygens (including phenoxy) is 2. The monoisotopic (exact) mass is 392 g/mol. The zero-order valence-electron chi connectivity index (χ0n) is 15.4. The molecule has 0 bridgehead atoms. The predicted octanol–water partition coefficient (Wildman–Crippen LogP) is 5.09. The molecule has 142 valence electrons. The van der Waals surface area contributed by atoms with E-state index in [0.29, 0.717) is 24.7 Å². The van der Waals surface area contributed by atoms with E-state index in [4.69, 9.17) is 9.47 Å². The summed E-state index contributed by atoms with van der Waals surface area (Å²) < 4.78 is 11.0. The molecule has 1 aliphatic rings. The first-order valence-electron chi connectivity index (χ1n) is 8.97. The number of hydrogen-bond acceptors (Lipinski definition) is 4. The second-order valence-electron chi connectivity index (χ2n) is 6.10. The minimum Gasteiger partial charge on any atom is -0.493 e. The minimum atomic E-state index is -0.177. The van der Waals surface area contributed by atoms with Crippen molar-refractivity contribution in [1.82, 2.24) is 5.32 Å². The Labute approximate surface area is 168 Å². The number of nitrogens with zero attached hydrogens (tertiary/aromatic N) is 1. The standard InChI is InChI=1S/C22H20N2O3S/c1-26-18-10-4-5-11-19(18)27-15-14-23-22(25)24-16-8-2-6-12-20(16)28-21-13-7-3-9-17(21)24/h2-13H,14-15H2,1H3,(H,23,25). The molecule has 1 aliphatic heterocycles. The van der Waals surface area contributed by atoms with Gasteiger partial charge < -0.3 is 14.8 Å². The fourth-order valence-electron chi connectivity index (χ4n) is 3.06. The van der Waals surface area contributed by atoms with E-state index in [0.717, 1.165) is 21.2 Å². The van der Waals surface area contributed by atoms with Crippen molar-refractivity contribution >= 4 is 29.2 Å². The highest BCUT2D eigenvalue weighted by Crippen LogP contribution is 2.47. The van der Waals surface area contributed by atoms with Gasteiger partial charge in [-0.05, 0) is 36.4 Å².